The molecule has 0 saturated carbocycles. The van der Waals surface area contributed by atoms with Gasteiger partial charge in [0.05, 0.1) is 12.6 Å². The number of fused-ring (bicyclic) bond motifs is 1. The van der Waals surface area contributed by atoms with Gasteiger partial charge in [0.1, 0.15) is 24.7 Å². The number of nitrogens with zero attached hydrogens (tertiary/aromatic N) is 4. The van der Waals surface area contributed by atoms with Crippen LogP contribution in [0.1, 0.15) is 55.5 Å². The average Bonchev–Trinajstić information content (AvgIpc) is 3.77. The van der Waals surface area contributed by atoms with Crippen molar-refractivity contribution in [2.75, 3.05) is 38.6 Å². The highest BCUT2D eigenvalue weighted by Crippen LogP contribution is 2.33. The number of carbonyl (C=O) groups is 5. The third kappa shape index (κ3) is 6.97. The van der Waals surface area contributed by atoms with E-state index in [1.807, 2.05) is 75.3 Å². The topological polar surface area (TPSA) is 120 Å². The van der Waals surface area contributed by atoms with Crippen LogP contribution in [-0.4, -0.2) is 102 Å². The Morgan fingerprint density at radius 2 is 1.64 bits per heavy atom. The molecule has 3 saturated heterocycles. The van der Waals surface area contributed by atoms with Gasteiger partial charge in [-0.05, 0) is 61.4 Å². The summed E-state index contributed by atoms with van der Waals surface area (Å²) in [5.41, 5.74) is 2.25. The van der Waals surface area contributed by atoms with Gasteiger partial charge in [-0.3, -0.25) is 24.1 Å². The fourth-order valence-corrected chi connectivity index (χ4v) is 6.64. The van der Waals surface area contributed by atoms with Crippen LogP contribution in [0.2, 0.25) is 0 Å². The summed E-state index contributed by atoms with van der Waals surface area (Å²) in [6.07, 6.45) is 1.46. The molecule has 240 valence electrons. The summed E-state index contributed by atoms with van der Waals surface area (Å²) in [7, 11) is 3.83. The number of rotatable bonds is 9. The molecule has 2 aromatic carbocycles. The summed E-state index contributed by atoms with van der Waals surface area (Å²) in [6.45, 7) is 4.66. The third-order valence-electron chi connectivity index (χ3n) is 8.92. The van der Waals surface area contributed by atoms with Crippen molar-refractivity contribution in [2.24, 2.45) is 5.92 Å². The SMILES string of the molecule is CC(C)C[C@H](NC(=O)c1ccc(N(C)C)cc1)C(=O)N1CC[C@@H]2[C@H]1C(=O)CN2C(=O)[C@@H]1CCCN1C(=O)OCc1ccccc1. The number of nitrogens with one attached hydrogen (secondary N) is 1. The molecule has 3 fully saturated rings. The van der Waals surface area contributed by atoms with Gasteiger partial charge < -0.3 is 24.8 Å². The summed E-state index contributed by atoms with van der Waals surface area (Å²) in [5.74, 6) is -1.05. The van der Waals surface area contributed by atoms with Crippen molar-refractivity contribution in [3.05, 3.63) is 65.7 Å². The maximum atomic E-state index is 13.9. The first kappa shape index (κ1) is 32.0. The number of ether oxygens (including phenoxy) is 1. The quantitative estimate of drug-likeness (QED) is 0.459. The van der Waals surface area contributed by atoms with Crippen LogP contribution in [0.15, 0.2) is 54.6 Å². The molecule has 2 aromatic rings. The predicted octanol–water partition coefficient (Wildman–Crippen LogP) is 3.08. The van der Waals surface area contributed by atoms with E-state index >= 15 is 0 Å². The van der Waals surface area contributed by atoms with Crippen molar-refractivity contribution in [2.45, 2.75) is 70.3 Å². The molecule has 11 nitrogen and oxygen atoms in total. The molecule has 1 N–H and O–H groups in total. The molecule has 5 rings (SSSR count). The lowest BCUT2D eigenvalue weighted by atomic mass is 10.0. The second kappa shape index (κ2) is 13.7. The number of hydrogen-bond donors (Lipinski definition) is 1. The average molecular weight is 618 g/mol. The van der Waals surface area contributed by atoms with E-state index in [4.69, 9.17) is 4.74 Å². The maximum absolute atomic E-state index is 13.9. The molecular formula is C34H43N5O6. The Morgan fingerprint density at radius 1 is 0.933 bits per heavy atom. The number of amides is 4. The molecule has 3 aliphatic rings. The molecule has 0 bridgehead atoms. The molecule has 4 amide bonds. The van der Waals surface area contributed by atoms with Crippen LogP contribution in [-0.2, 0) is 25.7 Å². The van der Waals surface area contributed by atoms with E-state index in [0.29, 0.717) is 44.3 Å². The fraction of sp³-hybridized carbons (Fsp3) is 0.500. The minimum absolute atomic E-state index is 0.108. The summed E-state index contributed by atoms with van der Waals surface area (Å²) in [5, 5.41) is 2.91. The number of carbonyl (C=O) groups excluding carboxylic acids is 5. The lowest BCUT2D eigenvalue weighted by Crippen LogP contribution is -2.53. The van der Waals surface area contributed by atoms with Crippen LogP contribution in [0.25, 0.3) is 0 Å². The number of anilines is 1. The highest BCUT2D eigenvalue weighted by atomic mass is 16.6. The van der Waals surface area contributed by atoms with Crippen LogP contribution >= 0.6 is 0 Å². The van der Waals surface area contributed by atoms with Crippen LogP contribution in [0.3, 0.4) is 0 Å². The predicted molar refractivity (Wildman–Crippen MR) is 168 cm³/mol. The molecule has 45 heavy (non-hydrogen) atoms. The van der Waals surface area contributed by atoms with Gasteiger partial charge in [0.2, 0.25) is 11.8 Å². The second-order valence-electron chi connectivity index (χ2n) is 12.8. The first-order chi connectivity index (χ1) is 21.5. The van der Waals surface area contributed by atoms with Gasteiger partial charge in [0.15, 0.2) is 5.78 Å². The van der Waals surface area contributed by atoms with E-state index in [1.165, 1.54) is 4.90 Å². The van der Waals surface area contributed by atoms with Gasteiger partial charge in [0, 0.05) is 38.4 Å². The van der Waals surface area contributed by atoms with E-state index in [9.17, 15) is 24.0 Å². The highest BCUT2D eigenvalue weighted by Gasteiger charge is 2.54. The minimum atomic E-state index is -0.813. The Morgan fingerprint density at radius 3 is 2.31 bits per heavy atom. The van der Waals surface area contributed by atoms with Crippen molar-refractivity contribution >= 4 is 35.3 Å². The third-order valence-corrected chi connectivity index (χ3v) is 8.92. The number of likely N-dealkylation sites (tertiary alicyclic amines) is 3. The number of ketones is 1. The lowest BCUT2D eigenvalue weighted by molar-refractivity contribution is -0.138. The van der Waals surface area contributed by atoms with Gasteiger partial charge in [-0.15, -0.1) is 0 Å². The Balaban J connectivity index is 1.25. The number of Topliss-reactive ketones (excluding diaryl/α,β-unsaturated/α-hetero) is 1. The molecule has 0 aliphatic carbocycles. The van der Waals surface area contributed by atoms with E-state index in [1.54, 1.807) is 21.9 Å². The minimum Gasteiger partial charge on any atom is -0.445 e. The molecule has 11 heteroatoms. The standard InChI is InChI=1S/C34H43N5O6/c1-22(2)19-26(35-31(41)24-12-14-25(15-13-24)36(3)4)32(42)38-18-16-27-30(38)29(40)20-39(27)33(43)28-11-8-17-37(28)34(44)45-21-23-9-6-5-7-10-23/h5-7,9-10,12-15,22,26-28,30H,8,11,16-21H2,1-4H3,(H,35,41)/t26-,27+,28-,30-/m0/s1. The fourth-order valence-electron chi connectivity index (χ4n) is 6.64. The van der Waals surface area contributed by atoms with Crippen molar-refractivity contribution in [1.29, 1.82) is 0 Å². The Bertz CT molecular complexity index is 1410. The van der Waals surface area contributed by atoms with Crippen LogP contribution in [0.5, 0.6) is 0 Å². The van der Waals surface area contributed by atoms with Gasteiger partial charge in [-0.25, -0.2) is 4.79 Å². The van der Waals surface area contributed by atoms with Crippen molar-refractivity contribution in [1.82, 2.24) is 20.0 Å². The first-order valence-corrected chi connectivity index (χ1v) is 15.7. The molecule has 0 unspecified atom stereocenters. The van der Waals surface area contributed by atoms with Gasteiger partial charge >= 0.3 is 6.09 Å². The number of benzene rings is 2. The zero-order valence-electron chi connectivity index (χ0n) is 26.5. The molecule has 4 atom stereocenters. The van der Waals surface area contributed by atoms with Crippen molar-refractivity contribution in [3.63, 3.8) is 0 Å². The second-order valence-corrected chi connectivity index (χ2v) is 12.8. The normalized spacial score (nSPS) is 21.6. The number of hydrogen-bond acceptors (Lipinski definition) is 7. The van der Waals surface area contributed by atoms with E-state index in [2.05, 4.69) is 5.32 Å². The van der Waals surface area contributed by atoms with Crippen LogP contribution in [0.4, 0.5) is 10.5 Å². The molecule has 0 spiro atoms. The zero-order valence-corrected chi connectivity index (χ0v) is 26.5. The first-order valence-electron chi connectivity index (χ1n) is 15.7. The maximum Gasteiger partial charge on any atom is 0.410 e. The molecule has 0 radical (unpaired) electrons. The molecular weight excluding hydrogens is 574 g/mol. The van der Waals surface area contributed by atoms with E-state index < -0.39 is 30.3 Å². The molecule has 3 heterocycles. The summed E-state index contributed by atoms with van der Waals surface area (Å²) in [6, 6.07) is 13.7. The van der Waals surface area contributed by atoms with E-state index in [-0.39, 0.29) is 42.6 Å². The van der Waals surface area contributed by atoms with Gasteiger partial charge in [0.25, 0.3) is 5.91 Å². The monoisotopic (exact) mass is 617 g/mol. The highest BCUT2D eigenvalue weighted by molar-refractivity contribution is 6.01. The zero-order chi connectivity index (χ0) is 32.2. The Hall–Kier alpha value is -4.41. The van der Waals surface area contributed by atoms with Crippen molar-refractivity contribution in [3.8, 4) is 0 Å². The van der Waals surface area contributed by atoms with Gasteiger partial charge in [-0.1, -0.05) is 44.2 Å². The molecule has 0 aromatic heterocycles. The Kier molecular flexibility index (Phi) is 9.74. The Labute approximate surface area is 264 Å². The lowest BCUT2D eigenvalue weighted by Gasteiger charge is -2.31. The summed E-state index contributed by atoms with van der Waals surface area (Å²) < 4.78 is 5.51. The van der Waals surface area contributed by atoms with E-state index in [0.717, 1.165) is 11.3 Å². The largest absolute Gasteiger partial charge is 0.445 e. The van der Waals surface area contributed by atoms with Crippen LogP contribution in [0, 0.1) is 5.92 Å². The van der Waals surface area contributed by atoms with Gasteiger partial charge in [-0.2, -0.15) is 0 Å². The smallest absolute Gasteiger partial charge is 0.410 e. The summed E-state index contributed by atoms with van der Waals surface area (Å²) >= 11 is 0. The molecule has 3 aliphatic heterocycles. The summed E-state index contributed by atoms with van der Waals surface area (Å²) in [4.78, 5) is 73.7. The van der Waals surface area contributed by atoms with Crippen molar-refractivity contribution < 1.29 is 28.7 Å². The van der Waals surface area contributed by atoms with Crippen LogP contribution < -0.4 is 10.2 Å².